The monoisotopic (exact) mass is 428 g/mol. The lowest BCUT2D eigenvalue weighted by Crippen LogP contribution is -2.26. The number of hydrogen-bond donors (Lipinski definition) is 3. The zero-order chi connectivity index (χ0) is 20.5. The topological polar surface area (TPSA) is 83.1 Å². The van der Waals surface area contributed by atoms with Crippen molar-refractivity contribution in [3.8, 4) is 0 Å². The Balaban J connectivity index is 1.38. The van der Waals surface area contributed by atoms with Crippen molar-refractivity contribution in [2.45, 2.75) is 19.3 Å². The van der Waals surface area contributed by atoms with E-state index in [2.05, 4.69) is 33.1 Å². The molecule has 0 aliphatic heterocycles. The Labute approximate surface area is 178 Å². The highest BCUT2D eigenvalue weighted by Crippen LogP contribution is 2.18. The number of amides is 3. The van der Waals surface area contributed by atoms with Gasteiger partial charge in [-0.2, -0.15) is 0 Å². The highest BCUT2D eigenvalue weighted by molar-refractivity contribution is 7.14. The highest BCUT2D eigenvalue weighted by Gasteiger charge is 2.10. The van der Waals surface area contributed by atoms with Gasteiger partial charge in [-0.25, -0.2) is 9.78 Å². The smallest absolute Gasteiger partial charge is 0.325 e. The van der Waals surface area contributed by atoms with Crippen LogP contribution in [0.5, 0.6) is 0 Å². The molecule has 8 heteroatoms. The van der Waals surface area contributed by atoms with Gasteiger partial charge >= 0.3 is 6.03 Å². The van der Waals surface area contributed by atoms with E-state index in [9.17, 15) is 9.59 Å². The second kappa shape index (κ2) is 10.6. The van der Waals surface area contributed by atoms with Crippen LogP contribution in [0.15, 0.2) is 60.0 Å². The fourth-order valence-corrected chi connectivity index (χ4v) is 3.56. The van der Waals surface area contributed by atoms with E-state index in [-0.39, 0.29) is 12.3 Å². The number of benzene rings is 2. The van der Waals surface area contributed by atoms with Gasteiger partial charge in [0.15, 0.2) is 5.13 Å². The molecule has 0 unspecified atom stereocenters. The predicted octanol–water partition coefficient (Wildman–Crippen LogP) is 4.73. The maximum absolute atomic E-state index is 12.1. The molecule has 0 aliphatic carbocycles. The van der Waals surface area contributed by atoms with Crippen LogP contribution in [0.4, 0.5) is 15.6 Å². The summed E-state index contributed by atoms with van der Waals surface area (Å²) in [6.07, 6.45) is 1.98. The standard InChI is InChI=1S/C21H21ClN4O2S/c22-16-9-4-10-17(12-16)24-20(28)26-21-25-18(14-29-21)13-19(27)23-11-5-8-15-6-2-1-3-7-15/h1-4,6-7,9-10,12,14H,5,8,11,13H2,(H,23,27)(H2,24,25,26,28). The molecule has 2 aromatic carbocycles. The third kappa shape index (κ3) is 7.21. The number of nitrogens with one attached hydrogen (secondary N) is 3. The molecule has 0 bridgehead atoms. The van der Waals surface area contributed by atoms with Crippen molar-refractivity contribution in [3.63, 3.8) is 0 Å². The number of aryl methyl sites for hydroxylation is 1. The van der Waals surface area contributed by atoms with Gasteiger partial charge in [0, 0.05) is 22.6 Å². The summed E-state index contributed by atoms with van der Waals surface area (Å²) in [6.45, 7) is 0.616. The summed E-state index contributed by atoms with van der Waals surface area (Å²) in [5.74, 6) is -0.0849. The number of halogens is 1. The minimum Gasteiger partial charge on any atom is -0.356 e. The maximum atomic E-state index is 12.1. The molecule has 6 nitrogen and oxygen atoms in total. The van der Waals surface area contributed by atoms with E-state index in [1.54, 1.807) is 29.6 Å². The number of nitrogens with zero attached hydrogens (tertiary/aromatic N) is 1. The quantitative estimate of drug-likeness (QED) is 0.453. The molecular weight excluding hydrogens is 408 g/mol. The zero-order valence-corrected chi connectivity index (χ0v) is 17.2. The van der Waals surface area contributed by atoms with Crippen molar-refractivity contribution >= 4 is 45.7 Å². The largest absolute Gasteiger partial charge is 0.356 e. The molecule has 3 amide bonds. The molecule has 0 spiro atoms. The Morgan fingerprint density at radius 1 is 1.03 bits per heavy atom. The number of rotatable bonds is 8. The lowest BCUT2D eigenvalue weighted by molar-refractivity contribution is -0.120. The molecule has 0 fully saturated rings. The Morgan fingerprint density at radius 3 is 2.66 bits per heavy atom. The SMILES string of the molecule is O=C(Cc1csc(NC(=O)Nc2cccc(Cl)c2)n1)NCCCc1ccccc1. The van der Waals surface area contributed by atoms with Crippen LogP contribution >= 0.6 is 22.9 Å². The summed E-state index contributed by atoms with van der Waals surface area (Å²) in [7, 11) is 0. The molecule has 0 saturated heterocycles. The molecule has 0 aliphatic rings. The van der Waals surface area contributed by atoms with E-state index in [1.807, 2.05) is 18.2 Å². The van der Waals surface area contributed by atoms with Crippen LogP contribution in [0.25, 0.3) is 0 Å². The van der Waals surface area contributed by atoms with Gasteiger partial charge in [-0.3, -0.25) is 10.1 Å². The van der Waals surface area contributed by atoms with Crippen LogP contribution in [0, 0.1) is 0 Å². The molecule has 0 saturated carbocycles. The minimum absolute atomic E-state index is 0.0849. The third-order valence-electron chi connectivity index (χ3n) is 4.00. The molecule has 3 N–H and O–H groups in total. The van der Waals surface area contributed by atoms with Gasteiger partial charge in [0.2, 0.25) is 5.91 Å². The summed E-state index contributed by atoms with van der Waals surface area (Å²) < 4.78 is 0. The Hall–Kier alpha value is -2.90. The van der Waals surface area contributed by atoms with Gasteiger partial charge in [0.05, 0.1) is 12.1 Å². The third-order valence-corrected chi connectivity index (χ3v) is 5.05. The van der Waals surface area contributed by atoms with E-state index in [1.165, 1.54) is 16.9 Å². The summed E-state index contributed by atoms with van der Waals surface area (Å²) in [4.78, 5) is 28.4. The summed E-state index contributed by atoms with van der Waals surface area (Å²) in [6, 6.07) is 16.6. The van der Waals surface area contributed by atoms with E-state index in [4.69, 9.17) is 11.6 Å². The van der Waals surface area contributed by atoms with E-state index < -0.39 is 6.03 Å². The average molecular weight is 429 g/mol. The van der Waals surface area contributed by atoms with Gasteiger partial charge in [0.25, 0.3) is 0 Å². The second-order valence-electron chi connectivity index (χ2n) is 6.35. The molecule has 1 heterocycles. The van der Waals surface area contributed by atoms with Crippen molar-refractivity contribution in [2.24, 2.45) is 0 Å². The molecule has 1 aromatic heterocycles. The predicted molar refractivity (Wildman–Crippen MR) is 118 cm³/mol. The van der Waals surface area contributed by atoms with Crippen molar-refractivity contribution < 1.29 is 9.59 Å². The number of carbonyl (C=O) groups excluding carboxylic acids is 2. The van der Waals surface area contributed by atoms with Crippen LogP contribution < -0.4 is 16.0 Å². The summed E-state index contributed by atoms with van der Waals surface area (Å²) >= 11 is 7.17. The number of hydrogen-bond acceptors (Lipinski definition) is 4. The lowest BCUT2D eigenvalue weighted by atomic mass is 10.1. The van der Waals surface area contributed by atoms with E-state index >= 15 is 0 Å². The maximum Gasteiger partial charge on any atom is 0.325 e. The first-order chi connectivity index (χ1) is 14.1. The Kier molecular flexibility index (Phi) is 7.61. The molecule has 3 aromatic rings. The number of thiazole rings is 1. The van der Waals surface area contributed by atoms with Crippen LogP contribution in [0.3, 0.4) is 0 Å². The molecule has 29 heavy (non-hydrogen) atoms. The molecular formula is C21H21ClN4O2S. The van der Waals surface area contributed by atoms with Crippen molar-refractivity contribution in [1.82, 2.24) is 10.3 Å². The summed E-state index contributed by atoms with van der Waals surface area (Å²) in [5, 5.41) is 11.0. The normalized spacial score (nSPS) is 10.4. The fraction of sp³-hybridized carbons (Fsp3) is 0.190. The first-order valence-corrected chi connectivity index (χ1v) is 10.4. The Morgan fingerprint density at radius 2 is 1.86 bits per heavy atom. The molecule has 3 rings (SSSR count). The first kappa shape index (κ1) is 20.8. The van der Waals surface area contributed by atoms with Gasteiger partial charge in [-0.1, -0.05) is 48.0 Å². The van der Waals surface area contributed by atoms with E-state index in [0.29, 0.717) is 28.1 Å². The van der Waals surface area contributed by atoms with Crippen LogP contribution in [0.1, 0.15) is 17.7 Å². The second-order valence-corrected chi connectivity index (χ2v) is 7.64. The van der Waals surface area contributed by atoms with Crippen molar-refractivity contribution in [3.05, 3.63) is 76.3 Å². The fourth-order valence-electron chi connectivity index (χ4n) is 2.66. The van der Waals surface area contributed by atoms with Crippen molar-refractivity contribution in [1.29, 1.82) is 0 Å². The van der Waals surface area contributed by atoms with Crippen molar-refractivity contribution in [2.75, 3.05) is 17.2 Å². The van der Waals surface area contributed by atoms with Gasteiger partial charge in [-0.15, -0.1) is 11.3 Å². The highest BCUT2D eigenvalue weighted by atomic mass is 35.5. The van der Waals surface area contributed by atoms with Gasteiger partial charge in [-0.05, 0) is 36.6 Å². The Bertz CT molecular complexity index is 962. The molecule has 0 atom stereocenters. The van der Waals surface area contributed by atoms with Crippen LogP contribution in [-0.4, -0.2) is 23.5 Å². The van der Waals surface area contributed by atoms with Crippen LogP contribution in [0.2, 0.25) is 5.02 Å². The average Bonchev–Trinajstić information content (AvgIpc) is 3.12. The zero-order valence-electron chi connectivity index (χ0n) is 15.7. The number of aromatic nitrogens is 1. The molecule has 0 radical (unpaired) electrons. The van der Waals surface area contributed by atoms with Gasteiger partial charge in [0.1, 0.15) is 0 Å². The molecule has 150 valence electrons. The number of urea groups is 1. The van der Waals surface area contributed by atoms with Gasteiger partial charge < -0.3 is 10.6 Å². The van der Waals surface area contributed by atoms with E-state index in [0.717, 1.165) is 12.8 Å². The lowest BCUT2D eigenvalue weighted by Gasteiger charge is -2.05. The summed E-state index contributed by atoms with van der Waals surface area (Å²) in [5.41, 5.74) is 2.46. The number of carbonyl (C=O) groups is 2. The minimum atomic E-state index is -0.418. The first-order valence-electron chi connectivity index (χ1n) is 9.17. The number of anilines is 2. The van der Waals surface area contributed by atoms with Crippen LogP contribution in [-0.2, 0) is 17.6 Å².